The predicted molar refractivity (Wildman–Crippen MR) is 160 cm³/mol. The second-order valence-corrected chi connectivity index (χ2v) is 10.2. The maximum atomic E-state index is 14.0. The molecule has 1 aromatic carbocycles. The van der Waals surface area contributed by atoms with Crippen molar-refractivity contribution in [2.24, 2.45) is 5.73 Å². The molecule has 4 N–H and O–H groups in total. The van der Waals surface area contributed by atoms with E-state index in [0.717, 1.165) is 69.6 Å². The molecule has 8 heteroatoms. The first-order valence-electron chi connectivity index (χ1n) is 13.7. The van der Waals surface area contributed by atoms with E-state index in [2.05, 4.69) is 54.3 Å². The zero-order valence-electron chi connectivity index (χ0n) is 22.5. The van der Waals surface area contributed by atoms with Crippen LogP contribution in [0.1, 0.15) is 31.7 Å². The Morgan fingerprint density at radius 3 is 2.75 bits per heavy atom. The fourth-order valence-corrected chi connectivity index (χ4v) is 5.50. The highest BCUT2D eigenvalue weighted by atomic mass is 19.1. The molecule has 0 radical (unpaired) electrons. The van der Waals surface area contributed by atoms with Gasteiger partial charge in [-0.1, -0.05) is 30.7 Å². The monoisotopic (exact) mass is 533 g/mol. The van der Waals surface area contributed by atoms with Gasteiger partial charge in [0.05, 0.1) is 23.1 Å². The van der Waals surface area contributed by atoms with Gasteiger partial charge >= 0.3 is 0 Å². The molecule has 5 heterocycles. The molecule has 0 atom stereocenters. The van der Waals surface area contributed by atoms with E-state index < -0.39 is 0 Å². The number of halogens is 1. The van der Waals surface area contributed by atoms with Crippen molar-refractivity contribution in [2.45, 2.75) is 26.2 Å². The smallest absolute Gasteiger partial charge is 0.181 e. The third kappa shape index (κ3) is 5.18. The van der Waals surface area contributed by atoms with Crippen LogP contribution in [0.15, 0.2) is 85.0 Å². The van der Waals surface area contributed by atoms with Crippen LogP contribution in [0.25, 0.3) is 50.0 Å². The summed E-state index contributed by atoms with van der Waals surface area (Å²) in [6.45, 7) is 5.19. The highest BCUT2D eigenvalue weighted by Crippen LogP contribution is 2.34. The number of hydrogen-bond donors (Lipinski definition) is 3. The molecule has 1 saturated heterocycles. The molecule has 0 bridgehead atoms. The minimum absolute atomic E-state index is 0.283. The van der Waals surface area contributed by atoms with Gasteiger partial charge in [-0.3, -0.25) is 15.0 Å². The molecule has 4 aromatic heterocycles. The van der Waals surface area contributed by atoms with Crippen molar-refractivity contribution in [1.29, 1.82) is 0 Å². The van der Waals surface area contributed by atoms with Gasteiger partial charge in [0.1, 0.15) is 5.82 Å². The normalized spacial score (nSPS) is 15.6. The van der Waals surface area contributed by atoms with Crippen molar-refractivity contribution in [2.75, 3.05) is 19.6 Å². The van der Waals surface area contributed by atoms with E-state index in [1.165, 1.54) is 37.0 Å². The van der Waals surface area contributed by atoms with Crippen molar-refractivity contribution in [3.63, 3.8) is 0 Å². The van der Waals surface area contributed by atoms with Crippen LogP contribution in [0.5, 0.6) is 0 Å². The van der Waals surface area contributed by atoms with E-state index in [1.54, 1.807) is 24.7 Å². The number of piperidine rings is 1. The summed E-state index contributed by atoms with van der Waals surface area (Å²) >= 11 is 0. The number of nitrogens with two attached hydrogens (primary N) is 1. The minimum Gasteiger partial charge on any atom is -0.404 e. The molecule has 1 aliphatic heterocycles. The zero-order valence-corrected chi connectivity index (χ0v) is 22.5. The van der Waals surface area contributed by atoms with Crippen LogP contribution < -0.4 is 5.73 Å². The summed E-state index contributed by atoms with van der Waals surface area (Å²) in [7, 11) is 0. The van der Waals surface area contributed by atoms with Crippen LogP contribution in [0.2, 0.25) is 0 Å². The summed E-state index contributed by atoms with van der Waals surface area (Å²) in [4.78, 5) is 15.0. The molecule has 0 saturated carbocycles. The predicted octanol–water partition coefficient (Wildman–Crippen LogP) is 6.60. The number of hydrogen-bond acceptors (Lipinski definition) is 5. The lowest BCUT2D eigenvalue weighted by atomic mass is 10.0. The van der Waals surface area contributed by atoms with Gasteiger partial charge in [-0.2, -0.15) is 5.10 Å². The van der Waals surface area contributed by atoms with Crippen molar-refractivity contribution in [1.82, 2.24) is 30.0 Å². The molecule has 202 valence electrons. The third-order valence-electron chi connectivity index (χ3n) is 7.45. The van der Waals surface area contributed by atoms with Crippen molar-refractivity contribution >= 4 is 27.5 Å². The number of aromatic nitrogens is 5. The third-order valence-corrected chi connectivity index (χ3v) is 7.45. The average Bonchev–Trinajstić information content (AvgIpc) is 3.60. The topological polar surface area (TPSA) is 99.5 Å². The molecule has 7 nitrogen and oxygen atoms in total. The Morgan fingerprint density at radius 1 is 1.07 bits per heavy atom. The summed E-state index contributed by atoms with van der Waals surface area (Å²) in [5.41, 5.74) is 13.9. The minimum atomic E-state index is -0.283. The first-order valence-corrected chi connectivity index (χ1v) is 13.7. The number of rotatable bonds is 7. The molecule has 1 fully saturated rings. The van der Waals surface area contributed by atoms with Gasteiger partial charge in [0, 0.05) is 47.0 Å². The molecular weight excluding hydrogens is 501 g/mol. The number of nitrogens with zero attached hydrogens (tertiary/aromatic N) is 4. The Kier molecular flexibility index (Phi) is 7.25. The number of nitrogens with one attached hydrogen (secondary N) is 2. The van der Waals surface area contributed by atoms with E-state index in [1.807, 2.05) is 25.3 Å². The molecule has 0 aliphatic carbocycles. The Hall–Kier alpha value is -4.56. The maximum Gasteiger partial charge on any atom is 0.181 e. The van der Waals surface area contributed by atoms with Crippen LogP contribution >= 0.6 is 0 Å². The summed E-state index contributed by atoms with van der Waals surface area (Å²) < 4.78 is 14.0. The molecule has 0 amide bonds. The molecular formula is C32H32FN7. The van der Waals surface area contributed by atoms with Crippen LogP contribution in [-0.2, 0) is 0 Å². The quantitative estimate of drug-likeness (QED) is 0.205. The Labute approximate surface area is 232 Å². The lowest BCUT2D eigenvalue weighted by molar-refractivity contribution is 0.248. The van der Waals surface area contributed by atoms with Gasteiger partial charge in [0.25, 0.3) is 0 Å². The Bertz CT molecular complexity index is 1750. The average molecular weight is 534 g/mol. The standard InChI is InChI=1S/C32H32FN7/c1-2-7-21(20-40-10-4-3-5-11-40)12-23(16-34)24-14-27-31(38-39-32(27)36-17-24)29-15-26-28(18-35-19-30(26)37-29)22-8-6-9-25(33)13-22/h2,6-9,12-19,37H,3-5,10-11,20,34H2,1H3,(H,36,38,39)/b7-2-,21-12+,23-16+. The van der Waals surface area contributed by atoms with E-state index in [0.29, 0.717) is 5.65 Å². The number of allylic oxidation sites excluding steroid dienone is 3. The summed E-state index contributed by atoms with van der Waals surface area (Å²) in [5, 5.41) is 9.42. The van der Waals surface area contributed by atoms with E-state index in [9.17, 15) is 4.39 Å². The summed E-state index contributed by atoms with van der Waals surface area (Å²) in [6, 6.07) is 10.7. The fourth-order valence-electron chi connectivity index (χ4n) is 5.50. The van der Waals surface area contributed by atoms with E-state index >= 15 is 0 Å². The number of benzene rings is 1. The molecule has 1 aliphatic rings. The first-order chi connectivity index (χ1) is 19.6. The van der Waals surface area contributed by atoms with Gasteiger partial charge in [-0.25, -0.2) is 9.37 Å². The lowest BCUT2D eigenvalue weighted by Crippen LogP contribution is -2.31. The van der Waals surface area contributed by atoms with Gasteiger partial charge in [-0.15, -0.1) is 0 Å². The fraction of sp³-hybridized carbons (Fsp3) is 0.219. The second-order valence-electron chi connectivity index (χ2n) is 10.2. The Balaban J connectivity index is 1.37. The summed E-state index contributed by atoms with van der Waals surface area (Å²) in [6.07, 6.45) is 17.2. The van der Waals surface area contributed by atoms with Crippen molar-refractivity contribution < 1.29 is 4.39 Å². The van der Waals surface area contributed by atoms with Crippen LogP contribution in [-0.4, -0.2) is 49.7 Å². The zero-order chi connectivity index (χ0) is 27.5. The number of likely N-dealkylation sites (tertiary alicyclic amines) is 1. The van der Waals surface area contributed by atoms with Gasteiger partial charge in [-0.05, 0) is 79.9 Å². The van der Waals surface area contributed by atoms with Gasteiger partial charge in [0.15, 0.2) is 5.65 Å². The molecule has 40 heavy (non-hydrogen) atoms. The van der Waals surface area contributed by atoms with Crippen molar-refractivity contribution in [3.8, 4) is 22.5 Å². The van der Waals surface area contributed by atoms with Crippen LogP contribution in [0.4, 0.5) is 4.39 Å². The number of pyridine rings is 2. The van der Waals surface area contributed by atoms with Crippen LogP contribution in [0, 0.1) is 5.82 Å². The Morgan fingerprint density at radius 2 is 1.95 bits per heavy atom. The van der Waals surface area contributed by atoms with Gasteiger partial charge < -0.3 is 10.7 Å². The SMILES string of the molecule is C\C=C/C(=C\C(=C/N)c1cnc2n[nH]c(-c3cc4c(-c5cccc(F)c5)cncc4[nH]3)c2c1)CN1CCCCC1. The first kappa shape index (κ1) is 25.7. The van der Waals surface area contributed by atoms with E-state index in [-0.39, 0.29) is 5.82 Å². The highest BCUT2D eigenvalue weighted by molar-refractivity contribution is 6.00. The highest BCUT2D eigenvalue weighted by Gasteiger charge is 2.16. The molecule has 5 aromatic rings. The second kappa shape index (κ2) is 11.3. The molecule has 0 unspecified atom stereocenters. The van der Waals surface area contributed by atoms with E-state index in [4.69, 9.17) is 5.73 Å². The number of H-pyrrole nitrogens is 2. The molecule has 6 rings (SSSR count). The van der Waals surface area contributed by atoms with Gasteiger partial charge in [0.2, 0.25) is 0 Å². The summed E-state index contributed by atoms with van der Waals surface area (Å²) in [5.74, 6) is -0.283. The number of fused-ring (bicyclic) bond motifs is 2. The molecule has 0 spiro atoms. The lowest BCUT2D eigenvalue weighted by Gasteiger charge is -2.27. The van der Waals surface area contributed by atoms with Crippen LogP contribution in [0.3, 0.4) is 0 Å². The van der Waals surface area contributed by atoms with Crippen molar-refractivity contribution in [3.05, 3.63) is 96.4 Å². The number of aromatic amines is 2. The largest absolute Gasteiger partial charge is 0.404 e. The maximum absolute atomic E-state index is 14.0.